The average molecular weight is 495 g/mol. The van der Waals surface area contributed by atoms with E-state index in [-0.39, 0.29) is 18.1 Å². The van der Waals surface area contributed by atoms with Gasteiger partial charge in [-0.15, -0.1) is 0 Å². The Morgan fingerprint density at radius 3 is 2.81 bits per heavy atom. The van der Waals surface area contributed by atoms with Crippen molar-refractivity contribution in [3.63, 3.8) is 0 Å². The Morgan fingerprint density at radius 1 is 1.14 bits per heavy atom. The number of hydrogen-bond donors (Lipinski definition) is 1. The topological polar surface area (TPSA) is 86.4 Å². The van der Waals surface area contributed by atoms with E-state index in [0.717, 1.165) is 69.6 Å². The fourth-order valence-electron chi connectivity index (χ4n) is 5.49. The molecule has 3 fully saturated rings. The van der Waals surface area contributed by atoms with Gasteiger partial charge in [-0.1, -0.05) is 12.1 Å². The summed E-state index contributed by atoms with van der Waals surface area (Å²) >= 11 is 0. The number of aromatic nitrogens is 4. The van der Waals surface area contributed by atoms with Gasteiger partial charge in [0, 0.05) is 25.4 Å². The van der Waals surface area contributed by atoms with E-state index in [4.69, 9.17) is 9.47 Å². The van der Waals surface area contributed by atoms with E-state index in [1.807, 2.05) is 16.9 Å². The molecule has 0 radical (unpaired) electrons. The molecule has 1 aliphatic carbocycles. The maximum atomic E-state index is 14.0. The van der Waals surface area contributed by atoms with E-state index in [9.17, 15) is 9.18 Å². The molecule has 1 unspecified atom stereocenters. The second kappa shape index (κ2) is 9.57. The number of hydrogen-bond acceptors (Lipinski definition) is 6. The van der Waals surface area contributed by atoms with E-state index < -0.39 is 5.60 Å². The minimum Gasteiger partial charge on any atom is -0.441 e. The molecule has 3 aliphatic rings. The van der Waals surface area contributed by atoms with Crippen LogP contribution in [0.25, 0.3) is 5.69 Å². The first-order valence-corrected chi connectivity index (χ1v) is 12.8. The summed E-state index contributed by atoms with van der Waals surface area (Å²) in [5, 5.41) is 12.3. The highest BCUT2D eigenvalue weighted by Gasteiger charge is 2.48. The molecule has 4 heterocycles. The van der Waals surface area contributed by atoms with Gasteiger partial charge in [0.1, 0.15) is 29.2 Å². The van der Waals surface area contributed by atoms with Crippen LogP contribution in [0.1, 0.15) is 51.2 Å². The van der Waals surface area contributed by atoms with Crippen LogP contribution < -0.4 is 10.2 Å². The molecule has 1 saturated carbocycles. The van der Waals surface area contributed by atoms with Gasteiger partial charge in [0.25, 0.3) is 0 Å². The predicted octanol–water partition coefficient (Wildman–Crippen LogP) is 4.90. The number of anilines is 2. The molecular weight excluding hydrogens is 463 g/mol. The van der Waals surface area contributed by atoms with Gasteiger partial charge in [0.2, 0.25) is 0 Å². The van der Waals surface area contributed by atoms with Crippen molar-refractivity contribution in [2.75, 3.05) is 29.9 Å². The number of carbonyl (C=O) groups excluding carboxylic acids is 1. The summed E-state index contributed by atoms with van der Waals surface area (Å²) in [6, 6.07) is 8.44. The standard InChI is InChI=1S/C26H31FN6O3/c27-21-5-1-2-6-22(21)32-13-10-23(30-32)28-15-19-8-11-26(12-9-19)18-31(25(34)36-26)20-16-29-33(17-20)24-7-3-4-14-35-24/h1-2,5-6,10,13,16-17,19,24H,3-4,7-9,11-12,14-15,18H2,(H,28,30). The summed E-state index contributed by atoms with van der Waals surface area (Å²) in [6.07, 6.45) is 11.7. The number of rotatable bonds is 6. The lowest BCUT2D eigenvalue weighted by molar-refractivity contribution is -0.0394. The van der Waals surface area contributed by atoms with E-state index >= 15 is 0 Å². The molecule has 2 saturated heterocycles. The smallest absolute Gasteiger partial charge is 0.415 e. The first-order chi connectivity index (χ1) is 17.6. The lowest BCUT2D eigenvalue weighted by atomic mass is 9.78. The number of amides is 1. The maximum Gasteiger partial charge on any atom is 0.415 e. The normalized spacial score (nSPS) is 26.4. The van der Waals surface area contributed by atoms with Crippen LogP contribution >= 0.6 is 0 Å². The van der Waals surface area contributed by atoms with E-state index in [0.29, 0.717) is 18.2 Å². The first-order valence-electron chi connectivity index (χ1n) is 12.8. The third kappa shape index (κ3) is 4.57. The van der Waals surface area contributed by atoms with Crippen LogP contribution in [0.3, 0.4) is 0 Å². The van der Waals surface area contributed by atoms with Crippen LogP contribution in [0.5, 0.6) is 0 Å². The summed E-state index contributed by atoms with van der Waals surface area (Å²) in [6.45, 7) is 2.07. The molecule has 1 atom stereocenters. The largest absolute Gasteiger partial charge is 0.441 e. The highest BCUT2D eigenvalue weighted by Crippen LogP contribution is 2.41. The van der Waals surface area contributed by atoms with Crippen molar-refractivity contribution in [1.29, 1.82) is 0 Å². The summed E-state index contributed by atoms with van der Waals surface area (Å²) < 4.78 is 29.1. The molecule has 0 bridgehead atoms. The van der Waals surface area contributed by atoms with E-state index in [1.54, 1.807) is 40.2 Å². The fourth-order valence-corrected chi connectivity index (χ4v) is 5.49. The Morgan fingerprint density at radius 2 is 2.00 bits per heavy atom. The van der Waals surface area contributed by atoms with Gasteiger partial charge in [0.15, 0.2) is 0 Å². The molecule has 1 aromatic carbocycles. The van der Waals surface area contributed by atoms with Gasteiger partial charge < -0.3 is 14.8 Å². The summed E-state index contributed by atoms with van der Waals surface area (Å²) in [7, 11) is 0. The van der Waals surface area contributed by atoms with Crippen LogP contribution in [0, 0.1) is 11.7 Å². The SMILES string of the molecule is O=C1OC2(CCC(CNc3ccn(-c4ccccc4F)n3)CC2)CN1c1cnn(C2CCCCO2)c1. The molecule has 2 aromatic heterocycles. The zero-order valence-corrected chi connectivity index (χ0v) is 20.2. The highest BCUT2D eigenvalue weighted by molar-refractivity contribution is 5.90. The van der Waals surface area contributed by atoms with Gasteiger partial charge in [0.05, 0.1) is 24.6 Å². The van der Waals surface area contributed by atoms with Crippen molar-refractivity contribution in [3.8, 4) is 5.69 Å². The van der Waals surface area contributed by atoms with Crippen LogP contribution in [-0.4, -0.2) is 51.0 Å². The molecule has 1 amide bonds. The quantitative estimate of drug-likeness (QED) is 0.524. The monoisotopic (exact) mass is 494 g/mol. The Bertz CT molecular complexity index is 1210. The number of ether oxygens (including phenoxy) is 2. The Labute approximate surface area is 209 Å². The maximum absolute atomic E-state index is 14.0. The van der Waals surface area contributed by atoms with Crippen LogP contribution in [0.2, 0.25) is 0 Å². The lowest BCUT2D eigenvalue weighted by Crippen LogP contribution is -2.39. The molecule has 2 aliphatic heterocycles. The van der Waals surface area contributed by atoms with E-state index in [1.165, 1.54) is 6.07 Å². The van der Waals surface area contributed by atoms with Crippen molar-refractivity contribution in [3.05, 3.63) is 54.7 Å². The second-order valence-corrected chi connectivity index (χ2v) is 10.1. The van der Waals surface area contributed by atoms with E-state index in [2.05, 4.69) is 15.5 Å². The van der Waals surface area contributed by atoms with Crippen LogP contribution in [0.4, 0.5) is 20.7 Å². The summed E-state index contributed by atoms with van der Waals surface area (Å²) in [5.74, 6) is 0.865. The number of carbonyl (C=O) groups is 1. The third-order valence-electron chi connectivity index (χ3n) is 7.60. The number of nitrogens with zero attached hydrogens (tertiary/aromatic N) is 5. The van der Waals surface area contributed by atoms with Crippen molar-refractivity contribution in [2.24, 2.45) is 5.92 Å². The third-order valence-corrected chi connectivity index (χ3v) is 7.60. The number of benzene rings is 1. The fraction of sp³-hybridized carbons (Fsp3) is 0.500. The molecule has 1 spiro atoms. The second-order valence-electron chi connectivity index (χ2n) is 10.1. The van der Waals surface area contributed by atoms with Gasteiger partial charge in [-0.05, 0) is 63.0 Å². The van der Waals surface area contributed by atoms with Gasteiger partial charge >= 0.3 is 6.09 Å². The minimum atomic E-state index is -0.441. The lowest BCUT2D eigenvalue weighted by Gasteiger charge is -2.35. The molecule has 10 heteroatoms. The zero-order valence-electron chi connectivity index (χ0n) is 20.2. The molecule has 190 valence electrons. The van der Waals surface area contributed by atoms with Crippen molar-refractivity contribution in [1.82, 2.24) is 19.6 Å². The molecule has 1 N–H and O–H groups in total. The Balaban J connectivity index is 1.02. The molecule has 36 heavy (non-hydrogen) atoms. The molecule has 3 aromatic rings. The molecule has 9 nitrogen and oxygen atoms in total. The first kappa shape index (κ1) is 23.0. The molecular formula is C26H31FN6O3. The van der Waals surface area contributed by atoms with Crippen LogP contribution in [0.15, 0.2) is 48.9 Å². The van der Waals surface area contributed by atoms with Crippen molar-refractivity contribution >= 4 is 17.6 Å². The summed E-state index contributed by atoms with van der Waals surface area (Å²) in [4.78, 5) is 14.5. The number of halogens is 1. The van der Waals surface area contributed by atoms with Crippen molar-refractivity contribution in [2.45, 2.75) is 56.8 Å². The highest BCUT2D eigenvalue weighted by atomic mass is 19.1. The van der Waals surface area contributed by atoms with Gasteiger partial charge in [-0.2, -0.15) is 10.2 Å². The molecule has 6 rings (SSSR count). The van der Waals surface area contributed by atoms with Crippen molar-refractivity contribution < 1.29 is 18.7 Å². The van der Waals surface area contributed by atoms with Gasteiger partial charge in [-0.25, -0.2) is 18.5 Å². The van der Waals surface area contributed by atoms with Gasteiger partial charge in [-0.3, -0.25) is 4.90 Å². The number of nitrogens with one attached hydrogen (secondary N) is 1. The minimum absolute atomic E-state index is 0.0545. The Hall–Kier alpha value is -3.40. The predicted molar refractivity (Wildman–Crippen MR) is 132 cm³/mol. The zero-order chi connectivity index (χ0) is 24.5. The number of para-hydroxylation sites is 1. The summed E-state index contributed by atoms with van der Waals surface area (Å²) in [5.41, 5.74) is 0.749. The average Bonchev–Trinajstić information content (AvgIpc) is 3.64. The van der Waals surface area contributed by atoms with Crippen LogP contribution in [-0.2, 0) is 9.47 Å². The Kier molecular flexibility index (Phi) is 6.12.